The Labute approximate surface area is 154 Å². The van der Waals surface area contributed by atoms with Gasteiger partial charge in [0.15, 0.2) is 0 Å². The minimum atomic E-state index is -4.41. The normalized spacial score (nSPS) is 11.7. The van der Waals surface area contributed by atoms with Crippen LogP contribution in [0.1, 0.15) is 16.8 Å². The lowest BCUT2D eigenvalue weighted by atomic mass is 10.3. The molecular formula is C19H17F3N4O. The molecule has 0 bridgehead atoms. The average molecular weight is 374 g/mol. The first kappa shape index (κ1) is 18.5. The molecule has 0 aliphatic heterocycles. The van der Waals surface area contributed by atoms with E-state index in [1.165, 1.54) is 6.07 Å². The van der Waals surface area contributed by atoms with E-state index in [-0.39, 0.29) is 5.82 Å². The van der Waals surface area contributed by atoms with Crippen LogP contribution in [0.5, 0.6) is 5.75 Å². The number of alkyl halides is 3. The number of aryl methyl sites for hydroxylation is 1. The zero-order valence-electron chi connectivity index (χ0n) is 14.7. The zero-order chi connectivity index (χ0) is 19.4. The van der Waals surface area contributed by atoms with Gasteiger partial charge in [0, 0.05) is 29.3 Å². The van der Waals surface area contributed by atoms with Gasteiger partial charge < -0.3 is 9.30 Å². The Morgan fingerprint density at radius 1 is 1.15 bits per heavy atom. The fourth-order valence-corrected chi connectivity index (χ4v) is 2.49. The van der Waals surface area contributed by atoms with E-state index >= 15 is 0 Å². The molecule has 0 fully saturated rings. The highest BCUT2D eigenvalue weighted by Gasteiger charge is 2.30. The van der Waals surface area contributed by atoms with Gasteiger partial charge in [-0.2, -0.15) is 18.3 Å². The molecule has 2 heterocycles. The third kappa shape index (κ3) is 4.46. The maximum absolute atomic E-state index is 12.5. The number of halogens is 3. The second-order valence-corrected chi connectivity index (χ2v) is 5.78. The fourth-order valence-electron chi connectivity index (χ4n) is 2.49. The number of benzene rings is 1. The molecule has 0 unspecified atom stereocenters. The molecule has 1 N–H and O–H groups in total. The van der Waals surface area contributed by atoms with E-state index in [0.717, 1.165) is 35.0 Å². The molecule has 0 aliphatic carbocycles. The lowest BCUT2D eigenvalue weighted by molar-refractivity contribution is -0.137. The van der Waals surface area contributed by atoms with Crippen molar-refractivity contribution in [3.63, 3.8) is 0 Å². The van der Waals surface area contributed by atoms with E-state index in [4.69, 9.17) is 4.74 Å². The number of hydrogen-bond acceptors (Lipinski definition) is 4. The summed E-state index contributed by atoms with van der Waals surface area (Å²) in [5.74, 6) is 1.00. The van der Waals surface area contributed by atoms with Crippen LogP contribution in [0.25, 0.3) is 5.69 Å². The van der Waals surface area contributed by atoms with E-state index in [9.17, 15) is 13.2 Å². The van der Waals surface area contributed by atoms with Gasteiger partial charge in [0.1, 0.15) is 11.6 Å². The summed E-state index contributed by atoms with van der Waals surface area (Å²) >= 11 is 0. The van der Waals surface area contributed by atoms with Crippen molar-refractivity contribution in [1.29, 1.82) is 0 Å². The molecular weight excluding hydrogens is 357 g/mol. The maximum Gasteiger partial charge on any atom is 0.417 e. The van der Waals surface area contributed by atoms with Crippen molar-refractivity contribution >= 4 is 12.0 Å². The quantitative estimate of drug-likeness (QED) is 0.522. The molecule has 0 radical (unpaired) electrons. The van der Waals surface area contributed by atoms with Crippen LogP contribution in [0, 0.1) is 6.92 Å². The largest absolute Gasteiger partial charge is 0.497 e. The molecule has 1 aromatic carbocycles. The van der Waals surface area contributed by atoms with Gasteiger partial charge in [0.2, 0.25) is 0 Å². The molecule has 0 aliphatic rings. The van der Waals surface area contributed by atoms with E-state index < -0.39 is 11.7 Å². The van der Waals surface area contributed by atoms with Crippen LogP contribution in [0.2, 0.25) is 0 Å². The highest BCUT2D eigenvalue weighted by atomic mass is 19.4. The summed E-state index contributed by atoms with van der Waals surface area (Å²) in [4.78, 5) is 3.70. The van der Waals surface area contributed by atoms with Crippen LogP contribution in [-0.2, 0) is 6.18 Å². The number of pyridine rings is 1. The van der Waals surface area contributed by atoms with Crippen LogP contribution in [0.4, 0.5) is 19.0 Å². The summed E-state index contributed by atoms with van der Waals surface area (Å²) in [5, 5.41) is 4.03. The summed E-state index contributed by atoms with van der Waals surface area (Å²) in [5.41, 5.74) is 4.64. The van der Waals surface area contributed by atoms with E-state index in [1.54, 1.807) is 13.3 Å². The predicted molar refractivity (Wildman–Crippen MR) is 97.5 cm³/mol. The number of ether oxygens (including phenoxy) is 1. The Hall–Kier alpha value is -3.29. The highest BCUT2D eigenvalue weighted by molar-refractivity contribution is 5.80. The minimum absolute atomic E-state index is 0.227. The van der Waals surface area contributed by atoms with Crippen molar-refractivity contribution in [3.8, 4) is 11.4 Å². The van der Waals surface area contributed by atoms with Gasteiger partial charge in [-0.1, -0.05) is 0 Å². The molecule has 0 amide bonds. The van der Waals surface area contributed by atoms with Crippen molar-refractivity contribution < 1.29 is 17.9 Å². The smallest absolute Gasteiger partial charge is 0.417 e. The number of nitrogens with one attached hydrogen (secondary N) is 1. The molecule has 0 saturated carbocycles. The van der Waals surface area contributed by atoms with Crippen LogP contribution < -0.4 is 10.2 Å². The molecule has 0 atom stereocenters. The summed E-state index contributed by atoms with van der Waals surface area (Å²) in [6, 6.07) is 11.8. The Morgan fingerprint density at radius 3 is 2.48 bits per heavy atom. The van der Waals surface area contributed by atoms with Gasteiger partial charge in [-0.3, -0.25) is 5.43 Å². The van der Waals surface area contributed by atoms with Gasteiger partial charge in [0.25, 0.3) is 0 Å². The number of hydrogen-bond donors (Lipinski definition) is 1. The van der Waals surface area contributed by atoms with E-state index in [0.29, 0.717) is 0 Å². The van der Waals surface area contributed by atoms with Crippen molar-refractivity contribution in [3.05, 3.63) is 71.7 Å². The lowest BCUT2D eigenvalue weighted by Gasteiger charge is -2.06. The van der Waals surface area contributed by atoms with Crippen molar-refractivity contribution in [1.82, 2.24) is 9.55 Å². The summed E-state index contributed by atoms with van der Waals surface area (Å²) in [7, 11) is 1.61. The number of nitrogens with zero attached hydrogens (tertiary/aromatic N) is 3. The fraction of sp³-hybridized carbons (Fsp3) is 0.158. The van der Waals surface area contributed by atoms with Gasteiger partial charge in [0.05, 0.1) is 18.9 Å². The predicted octanol–water partition coefficient (Wildman–Crippen LogP) is 4.65. The van der Waals surface area contributed by atoms with Gasteiger partial charge >= 0.3 is 6.18 Å². The van der Waals surface area contributed by atoms with Crippen molar-refractivity contribution in [2.24, 2.45) is 5.10 Å². The first-order chi connectivity index (χ1) is 12.9. The van der Waals surface area contributed by atoms with Crippen LogP contribution in [0.3, 0.4) is 0 Å². The first-order valence-corrected chi connectivity index (χ1v) is 8.02. The first-order valence-electron chi connectivity index (χ1n) is 8.02. The number of aromatic nitrogens is 2. The van der Waals surface area contributed by atoms with Crippen molar-refractivity contribution in [2.75, 3.05) is 12.5 Å². The van der Waals surface area contributed by atoms with Gasteiger partial charge in [-0.15, -0.1) is 0 Å². The van der Waals surface area contributed by atoms with Crippen molar-refractivity contribution in [2.45, 2.75) is 13.1 Å². The zero-order valence-corrected chi connectivity index (χ0v) is 14.7. The molecule has 140 valence electrons. The lowest BCUT2D eigenvalue weighted by Crippen LogP contribution is -2.05. The summed E-state index contributed by atoms with van der Waals surface area (Å²) < 4.78 is 44.7. The second-order valence-electron chi connectivity index (χ2n) is 5.78. The Kier molecular flexibility index (Phi) is 5.16. The monoisotopic (exact) mass is 374 g/mol. The van der Waals surface area contributed by atoms with Gasteiger partial charge in [-0.05, 0) is 49.4 Å². The summed E-state index contributed by atoms with van der Waals surface area (Å²) in [6.07, 6.45) is -0.159. The average Bonchev–Trinajstić information content (AvgIpc) is 3.02. The summed E-state index contributed by atoms with van der Waals surface area (Å²) in [6.45, 7) is 1.96. The SMILES string of the molecule is COc1ccc(-n2cc(/C=N/Nc3ccc(C(F)(F)F)cn3)cc2C)cc1. The molecule has 8 heteroatoms. The third-order valence-corrected chi connectivity index (χ3v) is 3.87. The third-order valence-electron chi connectivity index (χ3n) is 3.87. The number of anilines is 1. The molecule has 3 aromatic rings. The second kappa shape index (κ2) is 7.53. The number of hydrazone groups is 1. The number of methoxy groups -OCH3 is 1. The minimum Gasteiger partial charge on any atom is -0.497 e. The molecule has 3 rings (SSSR count). The number of rotatable bonds is 5. The topological polar surface area (TPSA) is 51.4 Å². The Balaban J connectivity index is 1.69. The van der Waals surface area contributed by atoms with Crippen LogP contribution in [-0.4, -0.2) is 22.9 Å². The Bertz CT molecular complexity index is 929. The van der Waals surface area contributed by atoms with Crippen LogP contribution in [0.15, 0.2) is 60.0 Å². The van der Waals surface area contributed by atoms with Gasteiger partial charge in [-0.25, -0.2) is 4.98 Å². The van der Waals surface area contributed by atoms with E-state index in [2.05, 4.69) is 15.5 Å². The Morgan fingerprint density at radius 2 is 1.89 bits per heavy atom. The van der Waals surface area contributed by atoms with E-state index in [1.807, 2.05) is 48.0 Å². The highest BCUT2D eigenvalue weighted by Crippen LogP contribution is 2.28. The maximum atomic E-state index is 12.5. The van der Waals surface area contributed by atoms with Crippen LogP contribution >= 0.6 is 0 Å². The standard InChI is InChI=1S/C19H17F3N4O/c1-13-9-14(12-26(13)16-4-6-17(27-2)7-5-16)10-24-25-18-8-3-15(11-23-18)19(20,21)22/h3-12H,1-2H3,(H,23,25)/b24-10+. The molecule has 2 aromatic heterocycles. The molecule has 27 heavy (non-hydrogen) atoms. The molecule has 0 saturated heterocycles. The molecule has 0 spiro atoms. The molecule has 5 nitrogen and oxygen atoms in total.